The Morgan fingerprint density at radius 2 is 2.04 bits per heavy atom. The highest BCUT2D eigenvalue weighted by atomic mass is 35.5. The SMILES string of the molecule is CC(=O)N[C@]12C(=O)c3c(N)cccc3[C@@]1(O)Oc1cc(Cl)ccc12. The van der Waals surface area contributed by atoms with E-state index in [0.717, 1.165) is 0 Å². The van der Waals surface area contributed by atoms with Crippen LogP contribution in [0.15, 0.2) is 36.4 Å². The van der Waals surface area contributed by atoms with Crippen LogP contribution >= 0.6 is 11.6 Å². The lowest BCUT2D eigenvalue weighted by Gasteiger charge is -2.34. The van der Waals surface area contributed by atoms with Gasteiger partial charge in [-0.05, 0) is 18.2 Å². The van der Waals surface area contributed by atoms with Crippen molar-refractivity contribution in [3.63, 3.8) is 0 Å². The number of carbonyl (C=O) groups is 2. The van der Waals surface area contributed by atoms with Gasteiger partial charge in [0.25, 0.3) is 5.79 Å². The van der Waals surface area contributed by atoms with Gasteiger partial charge >= 0.3 is 0 Å². The third-order valence-corrected chi connectivity index (χ3v) is 4.74. The van der Waals surface area contributed by atoms with Crippen LogP contribution in [0.5, 0.6) is 5.75 Å². The van der Waals surface area contributed by atoms with Crippen molar-refractivity contribution >= 4 is 29.0 Å². The topological polar surface area (TPSA) is 102 Å². The molecule has 0 saturated carbocycles. The minimum atomic E-state index is -2.09. The molecule has 1 amide bonds. The van der Waals surface area contributed by atoms with Crippen molar-refractivity contribution in [3.8, 4) is 5.75 Å². The monoisotopic (exact) mass is 344 g/mol. The molecule has 7 heteroatoms. The molecule has 0 saturated heterocycles. The van der Waals surface area contributed by atoms with Crippen molar-refractivity contribution < 1.29 is 19.4 Å². The first kappa shape index (κ1) is 15.0. The molecule has 1 heterocycles. The fraction of sp³-hybridized carbons (Fsp3) is 0.176. The number of halogens is 1. The van der Waals surface area contributed by atoms with E-state index in [-0.39, 0.29) is 22.6 Å². The largest absolute Gasteiger partial charge is 0.454 e. The lowest BCUT2D eigenvalue weighted by molar-refractivity contribution is -0.175. The number of anilines is 1. The summed E-state index contributed by atoms with van der Waals surface area (Å²) < 4.78 is 5.74. The van der Waals surface area contributed by atoms with Gasteiger partial charge in [0.1, 0.15) is 5.75 Å². The molecule has 0 unspecified atom stereocenters. The summed E-state index contributed by atoms with van der Waals surface area (Å²) in [5, 5.41) is 14.3. The van der Waals surface area contributed by atoms with Crippen LogP contribution < -0.4 is 15.8 Å². The molecule has 0 bridgehead atoms. The van der Waals surface area contributed by atoms with Gasteiger partial charge in [0, 0.05) is 28.8 Å². The summed E-state index contributed by atoms with van der Waals surface area (Å²) in [6.07, 6.45) is 0. The number of ketones is 1. The predicted octanol–water partition coefficient (Wildman–Crippen LogP) is 1.69. The van der Waals surface area contributed by atoms with Gasteiger partial charge in [0.2, 0.25) is 17.2 Å². The molecule has 4 rings (SSSR count). The van der Waals surface area contributed by atoms with Gasteiger partial charge in [-0.3, -0.25) is 9.59 Å². The third kappa shape index (κ3) is 1.54. The smallest absolute Gasteiger partial charge is 0.271 e. The summed E-state index contributed by atoms with van der Waals surface area (Å²) in [5.74, 6) is -2.86. The molecule has 0 spiro atoms. The molecular weight excluding hydrogens is 332 g/mol. The molecule has 2 aromatic carbocycles. The molecule has 1 aliphatic heterocycles. The van der Waals surface area contributed by atoms with Gasteiger partial charge in [-0.1, -0.05) is 29.8 Å². The van der Waals surface area contributed by atoms with Crippen molar-refractivity contribution in [2.24, 2.45) is 0 Å². The lowest BCUT2D eigenvalue weighted by Crippen LogP contribution is -2.59. The van der Waals surface area contributed by atoms with E-state index in [4.69, 9.17) is 22.1 Å². The first-order chi connectivity index (χ1) is 11.3. The van der Waals surface area contributed by atoms with Crippen LogP contribution in [0.25, 0.3) is 0 Å². The quantitative estimate of drug-likeness (QED) is 0.683. The van der Waals surface area contributed by atoms with Gasteiger partial charge in [-0.25, -0.2) is 0 Å². The van der Waals surface area contributed by atoms with Crippen molar-refractivity contribution in [1.29, 1.82) is 0 Å². The minimum Gasteiger partial charge on any atom is -0.454 e. The van der Waals surface area contributed by atoms with Crippen molar-refractivity contribution in [2.75, 3.05) is 5.73 Å². The summed E-state index contributed by atoms with van der Waals surface area (Å²) in [5.41, 5.74) is 5.06. The molecule has 2 aliphatic rings. The average molecular weight is 345 g/mol. The summed E-state index contributed by atoms with van der Waals surface area (Å²) in [6, 6.07) is 9.36. The predicted molar refractivity (Wildman–Crippen MR) is 86.7 cm³/mol. The average Bonchev–Trinajstić information content (AvgIpc) is 2.84. The van der Waals surface area contributed by atoms with Crippen LogP contribution in [0.4, 0.5) is 5.69 Å². The Bertz CT molecular complexity index is 929. The Balaban J connectivity index is 2.08. The van der Waals surface area contributed by atoms with Crippen LogP contribution in [-0.2, 0) is 16.1 Å². The van der Waals surface area contributed by atoms with Gasteiger partial charge in [-0.2, -0.15) is 0 Å². The number of hydrogen-bond donors (Lipinski definition) is 3. The normalized spacial score (nSPS) is 26.4. The number of nitrogens with two attached hydrogens (primary N) is 1. The van der Waals surface area contributed by atoms with E-state index in [1.54, 1.807) is 30.3 Å². The zero-order chi connectivity index (χ0) is 17.3. The van der Waals surface area contributed by atoms with Crippen molar-refractivity contribution in [3.05, 3.63) is 58.1 Å². The number of ether oxygens (including phenoxy) is 1. The Labute approximate surface area is 142 Å². The van der Waals surface area contributed by atoms with Crippen LogP contribution in [0, 0.1) is 0 Å². The van der Waals surface area contributed by atoms with Crippen LogP contribution in [0.1, 0.15) is 28.4 Å². The van der Waals surface area contributed by atoms with Gasteiger partial charge in [-0.15, -0.1) is 0 Å². The number of aliphatic hydroxyl groups is 1. The number of Topliss-reactive ketones (excluding diaryl/α,β-unsaturated/α-hetero) is 1. The number of benzene rings is 2. The Morgan fingerprint density at radius 1 is 1.29 bits per heavy atom. The summed E-state index contributed by atoms with van der Waals surface area (Å²) >= 11 is 5.98. The van der Waals surface area contributed by atoms with Crippen molar-refractivity contribution in [2.45, 2.75) is 18.2 Å². The summed E-state index contributed by atoms with van der Waals surface area (Å²) in [6.45, 7) is 1.27. The number of carbonyl (C=O) groups excluding carboxylic acids is 2. The second-order valence-corrected chi connectivity index (χ2v) is 6.35. The zero-order valence-electron chi connectivity index (χ0n) is 12.6. The summed E-state index contributed by atoms with van der Waals surface area (Å²) in [4.78, 5) is 25.1. The maximum absolute atomic E-state index is 13.2. The number of nitrogens with one attached hydrogen (secondary N) is 1. The van der Waals surface area contributed by atoms with Gasteiger partial charge in [0.05, 0.1) is 5.56 Å². The molecule has 2 atom stereocenters. The molecule has 24 heavy (non-hydrogen) atoms. The van der Waals surface area contributed by atoms with E-state index in [1.165, 1.54) is 13.0 Å². The molecule has 2 aromatic rings. The van der Waals surface area contributed by atoms with Gasteiger partial charge < -0.3 is 20.9 Å². The van der Waals surface area contributed by atoms with Crippen LogP contribution in [0.2, 0.25) is 5.02 Å². The fourth-order valence-corrected chi connectivity index (χ4v) is 3.77. The third-order valence-electron chi connectivity index (χ3n) is 4.51. The molecule has 6 nitrogen and oxygen atoms in total. The molecule has 122 valence electrons. The molecule has 0 aromatic heterocycles. The first-order valence-corrected chi connectivity index (χ1v) is 7.63. The van der Waals surface area contributed by atoms with E-state index < -0.39 is 23.0 Å². The summed E-state index contributed by atoms with van der Waals surface area (Å²) in [7, 11) is 0. The Kier molecular flexibility index (Phi) is 2.81. The number of fused-ring (bicyclic) bond motifs is 5. The highest BCUT2D eigenvalue weighted by molar-refractivity contribution is 6.30. The van der Waals surface area contributed by atoms with E-state index in [9.17, 15) is 14.7 Å². The Morgan fingerprint density at radius 3 is 2.75 bits per heavy atom. The molecule has 0 radical (unpaired) electrons. The molecular formula is C17H13ClN2O4. The van der Waals surface area contributed by atoms with Crippen molar-refractivity contribution in [1.82, 2.24) is 5.32 Å². The lowest BCUT2D eigenvalue weighted by atomic mass is 9.83. The molecule has 4 N–H and O–H groups in total. The number of hydrogen-bond acceptors (Lipinski definition) is 5. The van der Waals surface area contributed by atoms with E-state index in [0.29, 0.717) is 10.6 Å². The number of amides is 1. The van der Waals surface area contributed by atoms with E-state index in [2.05, 4.69) is 5.32 Å². The van der Waals surface area contributed by atoms with Crippen LogP contribution in [0.3, 0.4) is 0 Å². The number of nitrogen functional groups attached to an aromatic ring is 1. The maximum Gasteiger partial charge on any atom is 0.271 e. The van der Waals surface area contributed by atoms with Crippen LogP contribution in [-0.4, -0.2) is 16.8 Å². The van der Waals surface area contributed by atoms with E-state index >= 15 is 0 Å². The molecule has 0 fully saturated rings. The Hall–Kier alpha value is -2.57. The first-order valence-electron chi connectivity index (χ1n) is 7.25. The minimum absolute atomic E-state index is 0.148. The zero-order valence-corrected chi connectivity index (χ0v) is 13.3. The maximum atomic E-state index is 13.2. The van der Waals surface area contributed by atoms with Gasteiger partial charge in [0.15, 0.2) is 0 Å². The fourth-order valence-electron chi connectivity index (χ4n) is 3.61. The highest BCUT2D eigenvalue weighted by Crippen LogP contribution is 2.59. The second-order valence-electron chi connectivity index (χ2n) is 5.92. The number of rotatable bonds is 1. The second kappa shape index (κ2) is 4.49. The standard InChI is InChI=1S/C17H13ClN2O4/c1-8(21)20-16-10-6-5-9(18)7-13(10)24-17(16,23)11-3-2-4-12(19)14(11)15(16)22/h2-7,23H,19H2,1H3,(H,20,21)/t16-,17-/m1/s1. The van der Waals surface area contributed by atoms with E-state index in [1.807, 2.05) is 0 Å². The molecule has 1 aliphatic carbocycles. The highest BCUT2D eigenvalue weighted by Gasteiger charge is 2.71.